The van der Waals surface area contributed by atoms with E-state index in [2.05, 4.69) is 15.3 Å². The highest BCUT2D eigenvalue weighted by molar-refractivity contribution is 5.94. The molecule has 0 unspecified atom stereocenters. The number of nitrogens with one attached hydrogen (secondary N) is 1. The monoisotopic (exact) mass is 256 g/mol. The smallest absolute Gasteiger partial charge is 0.253 e. The molecule has 19 heavy (non-hydrogen) atoms. The van der Waals surface area contributed by atoms with Crippen LogP contribution in [-0.4, -0.2) is 34.9 Å². The average Bonchev–Trinajstić information content (AvgIpc) is 2.46. The van der Waals surface area contributed by atoms with Crippen LogP contribution in [0.5, 0.6) is 0 Å². The molecule has 0 bridgehead atoms. The Balaban J connectivity index is 1.98. The molecular formula is C14H16N4O. The van der Waals surface area contributed by atoms with E-state index in [1.807, 2.05) is 24.3 Å². The van der Waals surface area contributed by atoms with Crippen LogP contribution in [0.3, 0.4) is 0 Å². The summed E-state index contributed by atoms with van der Waals surface area (Å²) in [5.41, 5.74) is 2.65. The Labute approximate surface area is 112 Å². The first-order valence-electron chi connectivity index (χ1n) is 5.96. The zero-order chi connectivity index (χ0) is 13.7. The van der Waals surface area contributed by atoms with Crippen molar-refractivity contribution in [2.75, 3.05) is 19.4 Å². The van der Waals surface area contributed by atoms with E-state index in [0.717, 1.165) is 11.3 Å². The third-order valence-corrected chi connectivity index (χ3v) is 2.65. The van der Waals surface area contributed by atoms with Crippen LogP contribution < -0.4 is 5.32 Å². The van der Waals surface area contributed by atoms with Crippen LogP contribution in [0.4, 0.5) is 5.69 Å². The number of rotatable bonds is 4. The molecule has 0 radical (unpaired) electrons. The molecule has 0 aliphatic rings. The van der Waals surface area contributed by atoms with E-state index in [1.165, 1.54) is 6.33 Å². The van der Waals surface area contributed by atoms with Crippen molar-refractivity contribution in [1.29, 1.82) is 0 Å². The van der Waals surface area contributed by atoms with Crippen LogP contribution in [-0.2, 0) is 6.54 Å². The minimum atomic E-state index is 0.00279. The Bertz CT molecular complexity index is 537. The molecule has 5 nitrogen and oxygen atoms in total. The lowest BCUT2D eigenvalue weighted by Crippen LogP contribution is -2.21. The lowest BCUT2D eigenvalue weighted by Gasteiger charge is -2.11. The Morgan fingerprint density at radius 1 is 1.16 bits per heavy atom. The number of hydrogen-bond donors (Lipinski definition) is 1. The van der Waals surface area contributed by atoms with Crippen LogP contribution in [0.25, 0.3) is 0 Å². The van der Waals surface area contributed by atoms with Crippen molar-refractivity contribution in [2.24, 2.45) is 0 Å². The fraction of sp³-hybridized carbons (Fsp3) is 0.214. The summed E-state index contributed by atoms with van der Waals surface area (Å²) in [5.74, 6) is 0.00279. The zero-order valence-electron chi connectivity index (χ0n) is 11.0. The van der Waals surface area contributed by atoms with Crippen LogP contribution in [0.1, 0.15) is 15.9 Å². The van der Waals surface area contributed by atoms with E-state index in [1.54, 1.807) is 31.4 Å². The van der Waals surface area contributed by atoms with Gasteiger partial charge in [0.1, 0.15) is 6.33 Å². The average molecular weight is 256 g/mol. The molecule has 0 spiro atoms. The van der Waals surface area contributed by atoms with Crippen molar-refractivity contribution in [3.05, 3.63) is 54.1 Å². The van der Waals surface area contributed by atoms with Crippen molar-refractivity contribution in [3.63, 3.8) is 0 Å². The molecule has 0 atom stereocenters. The molecule has 5 heteroatoms. The first kappa shape index (κ1) is 13.0. The number of carbonyl (C=O) groups is 1. The van der Waals surface area contributed by atoms with Crippen LogP contribution >= 0.6 is 0 Å². The summed E-state index contributed by atoms with van der Waals surface area (Å²) in [6, 6.07) is 7.40. The van der Waals surface area contributed by atoms with Gasteiger partial charge in [-0.2, -0.15) is 0 Å². The second-order valence-electron chi connectivity index (χ2n) is 4.38. The van der Waals surface area contributed by atoms with Crippen molar-refractivity contribution in [3.8, 4) is 0 Å². The lowest BCUT2D eigenvalue weighted by molar-refractivity contribution is 0.0827. The predicted molar refractivity (Wildman–Crippen MR) is 73.8 cm³/mol. The molecule has 0 aliphatic carbocycles. The van der Waals surface area contributed by atoms with E-state index < -0.39 is 0 Å². The van der Waals surface area contributed by atoms with Crippen molar-refractivity contribution < 1.29 is 4.79 Å². The van der Waals surface area contributed by atoms with E-state index in [9.17, 15) is 4.79 Å². The van der Waals surface area contributed by atoms with Gasteiger partial charge >= 0.3 is 0 Å². The number of amides is 1. The minimum absolute atomic E-state index is 0.00279. The summed E-state index contributed by atoms with van der Waals surface area (Å²) in [6.45, 7) is 0.655. The highest BCUT2D eigenvalue weighted by atomic mass is 16.2. The van der Waals surface area contributed by atoms with Crippen LogP contribution in [0.2, 0.25) is 0 Å². The van der Waals surface area contributed by atoms with Gasteiger partial charge in [-0.05, 0) is 24.3 Å². The first-order valence-corrected chi connectivity index (χ1v) is 5.96. The minimum Gasteiger partial charge on any atom is -0.381 e. The standard InChI is InChI=1S/C14H16N4O/c1-18(2)14(19)12-3-5-13(6-4-12)17-9-11-7-15-10-16-8-11/h3-8,10,17H,9H2,1-2H3. The molecule has 1 heterocycles. The second kappa shape index (κ2) is 5.95. The molecule has 1 N–H and O–H groups in total. The topological polar surface area (TPSA) is 58.1 Å². The van der Waals surface area contributed by atoms with E-state index >= 15 is 0 Å². The maximum Gasteiger partial charge on any atom is 0.253 e. The summed E-state index contributed by atoms with van der Waals surface area (Å²) in [4.78, 5) is 21.2. The van der Waals surface area contributed by atoms with Gasteiger partial charge in [0.05, 0.1) is 0 Å². The van der Waals surface area contributed by atoms with E-state index in [-0.39, 0.29) is 5.91 Å². The Hall–Kier alpha value is -2.43. The molecule has 0 fully saturated rings. The third kappa shape index (κ3) is 3.51. The van der Waals surface area contributed by atoms with Gasteiger partial charge in [-0.3, -0.25) is 4.79 Å². The van der Waals surface area contributed by atoms with Gasteiger partial charge in [-0.1, -0.05) is 0 Å². The summed E-state index contributed by atoms with van der Waals surface area (Å²) in [5, 5.41) is 3.25. The van der Waals surface area contributed by atoms with Gasteiger partial charge in [-0.25, -0.2) is 9.97 Å². The van der Waals surface area contributed by atoms with Crippen LogP contribution in [0.15, 0.2) is 43.0 Å². The number of aromatic nitrogens is 2. The molecule has 2 aromatic rings. The Morgan fingerprint density at radius 3 is 2.37 bits per heavy atom. The SMILES string of the molecule is CN(C)C(=O)c1ccc(NCc2cncnc2)cc1. The Kier molecular flexibility index (Phi) is 4.07. The number of nitrogens with zero attached hydrogens (tertiary/aromatic N) is 3. The summed E-state index contributed by atoms with van der Waals surface area (Å²) >= 11 is 0. The molecule has 1 amide bonds. The molecular weight excluding hydrogens is 240 g/mol. The molecule has 2 rings (SSSR count). The highest BCUT2D eigenvalue weighted by Gasteiger charge is 2.06. The molecule has 1 aromatic carbocycles. The Morgan fingerprint density at radius 2 is 1.79 bits per heavy atom. The van der Waals surface area contributed by atoms with Crippen molar-refractivity contribution in [1.82, 2.24) is 14.9 Å². The van der Waals surface area contributed by atoms with Crippen molar-refractivity contribution in [2.45, 2.75) is 6.54 Å². The predicted octanol–water partition coefficient (Wildman–Crippen LogP) is 1.79. The first-order chi connectivity index (χ1) is 9.16. The molecule has 98 valence electrons. The van der Waals surface area contributed by atoms with Gasteiger partial charge < -0.3 is 10.2 Å². The largest absolute Gasteiger partial charge is 0.381 e. The fourth-order valence-corrected chi connectivity index (χ4v) is 1.61. The highest BCUT2D eigenvalue weighted by Crippen LogP contribution is 2.11. The van der Waals surface area contributed by atoms with Crippen molar-refractivity contribution >= 4 is 11.6 Å². The number of anilines is 1. The van der Waals surface area contributed by atoms with Gasteiger partial charge in [-0.15, -0.1) is 0 Å². The van der Waals surface area contributed by atoms with E-state index in [4.69, 9.17) is 0 Å². The number of hydrogen-bond acceptors (Lipinski definition) is 4. The maximum atomic E-state index is 11.7. The van der Waals surface area contributed by atoms with Gasteiger partial charge in [0.15, 0.2) is 0 Å². The maximum absolute atomic E-state index is 11.7. The molecule has 1 aromatic heterocycles. The van der Waals surface area contributed by atoms with Gasteiger partial charge in [0.25, 0.3) is 5.91 Å². The lowest BCUT2D eigenvalue weighted by atomic mass is 10.2. The quantitative estimate of drug-likeness (QED) is 0.906. The fourth-order valence-electron chi connectivity index (χ4n) is 1.61. The second-order valence-corrected chi connectivity index (χ2v) is 4.38. The van der Waals surface area contributed by atoms with Crippen LogP contribution in [0, 0.1) is 0 Å². The summed E-state index contributed by atoms with van der Waals surface area (Å²) in [7, 11) is 3.48. The third-order valence-electron chi connectivity index (χ3n) is 2.65. The van der Waals surface area contributed by atoms with Gasteiger partial charge in [0, 0.05) is 49.8 Å². The zero-order valence-corrected chi connectivity index (χ0v) is 11.0. The summed E-state index contributed by atoms with van der Waals surface area (Å²) in [6.07, 6.45) is 5.04. The number of carbonyl (C=O) groups excluding carboxylic acids is 1. The van der Waals surface area contributed by atoms with E-state index in [0.29, 0.717) is 12.1 Å². The molecule has 0 saturated heterocycles. The summed E-state index contributed by atoms with van der Waals surface area (Å²) < 4.78 is 0. The van der Waals surface area contributed by atoms with Gasteiger partial charge in [0.2, 0.25) is 0 Å². The number of benzene rings is 1. The molecule has 0 aliphatic heterocycles. The molecule has 0 saturated carbocycles. The normalized spacial score (nSPS) is 10.0.